The Morgan fingerprint density at radius 2 is 1.91 bits per heavy atom. The molecule has 2 bridgehead atoms. The molecule has 2 aromatic heterocycles. The van der Waals surface area contributed by atoms with Crippen molar-refractivity contribution in [2.75, 3.05) is 37.6 Å². The van der Waals surface area contributed by atoms with Gasteiger partial charge in [-0.2, -0.15) is 23.1 Å². The van der Waals surface area contributed by atoms with Gasteiger partial charge in [0, 0.05) is 52.3 Å². The Kier molecular flexibility index (Phi) is 5.69. The zero-order valence-electron chi connectivity index (χ0n) is 29.5. The third-order valence-electron chi connectivity index (χ3n) is 9.36. The SMILES string of the molecule is [2H]C1([2H])CC[C@@]2(C([2H])([2H])Oc3nc(N4C[C@H]5CC[C@@H](C4)N5)c4cc(C(F)(F)F)n(-c5cc(O)cc6ccc(F)c(F)c56)c(=O)c4n3)C[C@@]([2H])(F)CN12. The van der Waals surface area contributed by atoms with Crippen LogP contribution in [0.1, 0.15) is 44.7 Å². The van der Waals surface area contributed by atoms with Crippen LogP contribution in [0.5, 0.6) is 11.8 Å². The highest BCUT2D eigenvalue weighted by Gasteiger charge is 2.49. The van der Waals surface area contributed by atoms with Crippen LogP contribution in [-0.4, -0.2) is 81.0 Å². The van der Waals surface area contributed by atoms with E-state index in [0.29, 0.717) is 18.2 Å². The van der Waals surface area contributed by atoms with Crippen LogP contribution in [0.15, 0.2) is 35.1 Å². The number of fused-ring (bicyclic) bond motifs is 5. The van der Waals surface area contributed by atoms with Crippen molar-refractivity contribution in [3.05, 3.63) is 58.0 Å². The van der Waals surface area contributed by atoms with Gasteiger partial charge in [-0.05, 0) is 55.8 Å². The fraction of sp³-hybridized carbons (Fsp3) is 0.469. The van der Waals surface area contributed by atoms with Crippen LogP contribution in [0.4, 0.5) is 32.2 Å². The summed E-state index contributed by atoms with van der Waals surface area (Å²) in [6.07, 6.45) is -7.84. The molecule has 47 heavy (non-hydrogen) atoms. The number of nitrogens with zero attached hydrogens (tertiary/aromatic N) is 5. The molecule has 4 atom stereocenters. The van der Waals surface area contributed by atoms with Gasteiger partial charge in [0.2, 0.25) is 0 Å². The van der Waals surface area contributed by atoms with E-state index in [9.17, 15) is 27.5 Å². The molecule has 248 valence electrons. The molecule has 0 amide bonds. The topological polar surface area (TPSA) is 95.8 Å². The number of halogens is 6. The molecular weight excluding hydrogens is 630 g/mol. The second-order valence-corrected chi connectivity index (χ2v) is 12.4. The largest absolute Gasteiger partial charge is 0.508 e. The first kappa shape index (κ1) is 25.0. The molecule has 0 saturated carbocycles. The van der Waals surface area contributed by atoms with Gasteiger partial charge in [-0.1, -0.05) is 6.07 Å². The standard InChI is InChI=1S/C32H30F6N6O3/c33-17-11-31(6-1-7-43(31)12-17)15-47-30-40-27-21(28(41-30)42-13-18-3-4-19(14-42)39-18)10-24(32(36,37)38)44(29(27)46)23-9-20(45)8-16-2-5-22(34)26(35)25(16)23/h2,5,8-10,17-19,39,45H,1,3-4,6-7,11-15H2/t17-,18-,19+,31+/m1/s1/i7D2,15D2,17D. The first-order valence-corrected chi connectivity index (χ1v) is 15.0. The van der Waals surface area contributed by atoms with Gasteiger partial charge >= 0.3 is 12.2 Å². The summed E-state index contributed by atoms with van der Waals surface area (Å²) >= 11 is 0. The van der Waals surface area contributed by atoms with E-state index in [4.69, 9.17) is 11.6 Å². The molecule has 15 heteroatoms. The van der Waals surface area contributed by atoms with Gasteiger partial charge in [0.25, 0.3) is 5.56 Å². The minimum atomic E-state index is -5.29. The third kappa shape index (κ3) is 4.96. The van der Waals surface area contributed by atoms with Crippen molar-refractivity contribution < 1.29 is 43.0 Å². The van der Waals surface area contributed by atoms with E-state index in [1.54, 1.807) is 4.90 Å². The number of ether oxygens (including phenoxy) is 1. The molecular formula is C32H30F6N6O3. The van der Waals surface area contributed by atoms with Crippen molar-refractivity contribution >= 4 is 27.5 Å². The predicted octanol–water partition coefficient (Wildman–Crippen LogP) is 4.83. The average Bonchev–Trinajstić information content (AvgIpc) is 3.64. The number of piperazine rings is 1. The number of hydrogen-bond donors (Lipinski definition) is 2. The maximum atomic E-state index is 15.3. The van der Waals surface area contributed by atoms with Crippen LogP contribution in [-0.2, 0) is 6.18 Å². The van der Waals surface area contributed by atoms with Gasteiger partial charge in [-0.15, -0.1) is 0 Å². The Bertz CT molecular complexity index is 2210. The summed E-state index contributed by atoms with van der Waals surface area (Å²) in [6.45, 7) is -5.53. The number of pyridine rings is 1. The summed E-state index contributed by atoms with van der Waals surface area (Å²) in [7, 11) is 0. The highest BCUT2D eigenvalue weighted by Crippen LogP contribution is 2.42. The van der Waals surface area contributed by atoms with Crippen molar-refractivity contribution in [3.63, 3.8) is 0 Å². The number of alkyl halides is 4. The molecule has 0 unspecified atom stereocenters. The number of anilines is 1. The van der Waals surface area contributed by atoms with E-state index in [1.165, 1.54) is 0 Å². The normalized spacial score (nSPS) is 30.6. The van der Waals surface area contributed by atoms with E-state index < -0.39 is 101 Å². The highest BCUT2D eigenvalue weighted by molar-refractivity contribution is 5.94. The summed E-state index contributed by atoms with van der Waals surface area (Å²) in [4.78, 5) is 25.3. The number of aromatic nitrogens is 3. The molecule has 6 heterocycles. The van der Waals surface area contributed by atoms with Crippen molar-refractivity contribution in [2.24, 2.45) is 0 Å². The Hall–Kier alpha value is -4.11. The van der Waals surface area contributed by atoms with Crippen LogP contribution in [0.2, 0.25) is 0 Å². The molecule has 9 nitrogen and oxygen atoms in total. The summed E-state index contributed by atoms with van der Waals surface area (Å²) in [5.74, 6) is -3.90. The first-order valence-electron chi connectivity index (χ1n) is 17.5. The molecule has 2 aromatic carbocycles. The summed E-state index contributed by atoms with van der Waals surface area (Å²) in [5, 5.41) is 12.4. The van der Waals surface area contributed by atoms with Gasteiger partial charge in [-0.25, -0.2) is 13.2 Å². The quantitative estimate of drug-likeness (QED) is 0.293. The zero-order valence-corrected chi connectivity index (χ0v) is 24.5. The van der Waals surface area contributed by atoms with Crippen LogP contribution < -0.4 is 20.5 Å². The molecule has 2 N–H and O–H groups in total. The number of aromatic hydroxyl groups is 1. The molecule has 8 rings (SSSR count). The minimum Gasteiger partial charge on any atom is -0.508 e. The molecule has 4 aliphatic rings. The van der Waals surface area contributed by atoms with Gasteiger partial charge in [0.05, 0.1) is 20.7 Å². The van der Waals surface area contributed by atoms with Crippen molar-refractivity contribution in [1.82, 2.24) is 24.8 Å². The van der Waals surface area contributed by atoms with Crippen molar-refractivity contribution in [1.29, 1.82) is 0 Å². The van der Waals surface area contributed by atoms with E-state index in [0.717, 1.165) is 29.9 Å². The molecule has 0 spiro atoms. The molecule has 0 radical (unpaired) electrons. The van der Waals surface area contributed by atoms with Gasteiger partial charge in [0.15, 0.2) is 11.6 Å². The second-order valence-electron chi connectivity index (χ2n) is 12.4. The van der Waals surface area contributed by atoms with Crippen molar-refractivity contribution in [3.8, 4) is 17.4 Å². The number of phenols is 1. The Morgan fingerprint density at radius 3 is 2.66 bits per heavy atom. The average molecular weight is 666 g/mol. The van der Waals surface area contributed by atoms with Crippen LogP contribution in [0.3, 0.4) is 0 Å². The lowest BCUT2D eigenvalue weighted by molar-refractivity contribution is -0.142. The van der Waals surface area contributed by atoms with E-state index in [1.807, 2.05) is 0 Å². The fourth-order valence-corrected chi connectivity index (χ4v) is 7.29. The van der Waals surface area contributed by atoms with Crippen LogP contribution in [0.25, 0.3) is 27.4 Å². The highest BCUT2D eigenvalue weighted by atomic mass is 19.4. The van der Waals surface area contributed by atoms with E-state index in [-0.39, 0.29) is 53.8 Å². The molecule has 4 aromatic rings. The Balaban J connectivity index is 1.38. The fourth-order valence-electron chi connectivity index (χ4n) is 7.29. The lowest BCUT2D eigenvalue weighted by Gasteiger charge is -2.34. The predicted molar refractivity (Wildman–Crippen MR) is 160 cm³/mol. The maximum absolute atomic E-state index is 15.3. The smallest absolute Gasteiger partial charge is 0.431 e. The number of benzene rings is 2. The molecule has 4 fully saturated rings. The molecule has 4 aliphatic heterocycles. The molecule has 0 aliphatic carbocycles. The first-order chi connectivity index (χ1) is 24.2. The summed E-state index contributed by atoms with van der Waals surface area (Å²) < 4.78 is 138. The van der Waals surface area contributed by atoms with Gasteiger partial charge in [0.1, 0.15) is 35.5 Å². The monoisotopic (exact) mass is 665 g/mol. The van der Waals surface area contributed by atoms with Gasteiger partial charge < -0.3 is 20.1 Å². The third-order valence-corrected chi connectivity index (χ3v) is 9.36. The van der Waals surface area contributed by atoms with Crippen LogP contribution >= 0.6 is 0 Å². The minimum absolute atomic E-state index is 0.0456. The van der Waals surface area contributed by atoms with Crippen molar-refractivity contribution in [2.45, 2.75) is 62.1 Å². The Morgan fingerprint density at radius 1 is 1.15 bits per heavy atom. The second kappa shape index (κ2) is 10.7. The molecule has 4 saturated heterocycles. The zero-order chi connectivity index (χ0) is 37.3. The summed E-state index contributed by atoms with van der Waals surface area (Å²) in [5.41, 5.74) is -6.75. The lowest BCUT2D eigenvalue weighted by Crippen LogP contribution is -2.51. The van der Waals surface area contributed by atoms with E-state index >= 15 is 8.78 Å². The summed E-state index contributed by atoms with van der Waals surface area (Å²) in [6, 6.07) is 2.91. The number of rotatable bonds is 5. The van der Waals surface area contributed by atoms with Crippen LogP contribution in [0, 0.1) is 11.6 Å². The van der Waals surface area contributed by atoms with E-state index in [2.05, 4.69) is 15.3 Å². The Labute approximate surface area is 270 Å². The number of nitrogens with one attached hydrogen (secondary N) is 1. The van der Waals surface area contributed by atoms with Gasteiger partial charge in [-0.3, -0.25) is 14.3 Å². The number of hydrogen-bond acceptors (Lipinski definition) is 8. The maximum Gasteiger partial charge on any atom is 0.431 e. The lowest BCUT2D eigenvalue weighted by atomic mass is 9.95. The number of phenolic OH excluding ortho intramolecular Hbond substituents is 1.